The highest BCUT2D eigenvalue weighted by Gasteiger charge is 2.27. The Hall–Kier alpha value is -2.45. The molecule has 4 rings (SSSR count). The highest BCUT2D eigenvalue weighted by molar-refractivity contribution is 6.02. The first-order valence-electron chi connectivity index (χ1n) is 10.1. The van der Waals surface area contributed by atoms with Crippen LogP contribution >= 0.6 is 0 Å². The topological polar surface area (TPSA) is 79.2 Å². The lowest BCUT2D eigenvalue weighted by molar-refractivity contribution is 0.0630. The fourth-order valence-corrected chi connectivity index (χ4v) is 3.86. The summed E-state index contributed by atoms with van der Waals surface area (Å²) in [6.45, 7) is 7.40. The molecule has 2 saturated heterocycles. The van der Waals surface area contributed by atoms with Gasteiger partial charge in [-0.3, -0.25) is 14.0 Å². The molecule has 0 radical (unpaired) electrons. The number of nitrogens with zero attached hydrogens (tertiary/aromatic N) is 4. The van der Waals surface area contributed by atoms with Gasteiger partial charge in [0.1, 0.15) is 0 Å². The lowest BCUT2D eigenvalue weighted by Crippen LogP contribution is -2.48. The zero-order valence-corrected chi connectivity index (χ0v) is 16.3. The standard InChI is InChI=1S/C20H27N5O3/c1-2-23-9-11-24(12-10-23)20(27)18-22-17(16-7-3-4-8-25(16)18)19(26)21-14-15-6-5-13-28-15/h3-4,7-8,15H,2,5-6,9-14H2,1H3,(H,21,26). The van der Waals surface area contributed by atoms with Crippen LogP contribution in [0.25, 0.3) is 5.52 Å². The average Bonchev–Trinajstić information content (AvgIpc) is 3.39. The monoisotopic (exact) mass is 385 g/mol. The van der Waals surface area contributed by atoms with Crippen molar-refractivity contribution in [1.29, 1.82) is 0 Å². The van der Waals surface area contributed by atoms with E-state index in [2.05, 4.69) is 22.1 Å². The molecule has 2 aliphatic rings. The van der Waals surface area contributed by atoms with Gasteiger partial charge in [-0.25, -0.2) is 4.98 Å². The van der Waals surface area contributed by atoms with Crippen LogP contribution in [-0.4, -0.2) is 83.0 Å². The molecular weight excluding hydrogens is 358 g/mol. The first kappa shape index (κ1) is 18.9. The minimum atomic E-state index is -0.269. The number of carbonyl (C=O) groups is 2. The summed E-state index contributed by atoms with van der Waals surface area (Å²) in [5.41, 5.74) is 0.928. The number of hydrogen-bond donors (Lipinski definition) is 1. The Balaban J connectivity index is 1.54. The molecule has 0 saturated carbocycles. The number of aromatic nitrogens is 2. The molecule has 4 heterocycles. The molecule has 1 unspecified atom stereocenters. The van der Waals surface area contributed by atoms with E-state index in [9.17, 15) is 9.59 Å². The molecule has 8 nitrogen and oxygen atoms in total. The summed E-state index contributed by atoms with van der Waals surface area (Å²) in [4.78, 5) is 34.4. The van der Waals surface area contributed by atoms with Crippen molar-refractivity contribution < 1.29 is 14.3 Å². The van der Waals surface area contributed by atoms with Gasteiger partial charge in [0.25, 0.3) is 11.8 Å². The van der Waals surface area contributed by atoms with E-state index in [0.717, 1.165) is 39.1 Å². The van der Waals surface area contributed by atoms with E-state index < -0.39 is 0 Å². The van der Waals surface area contributed by atoms with Crippen molar-refractivity contribution in [3.05, 3.63) is 35.9 Å². The van der Waals surface area contributed by atoms with Crippen molar-refractivity contribution in [3.63, 3.8) is 0 Å². The Morgan fingerprint density at radius 3 is 2.79 bits per heavy atom. The van der Waals surface area contributed by atoms with Gasteiger partial charge < -0.3 is 19.9 Å². The van der Waals surface area contributed by atoms with Crippen LogP contribution in [0.5, 0.6) is 0 Å². The van der Waals surface area contributed by atoms with E-state index in [-0.39, 0.29) is 23.6 Å². The minimum Gasteiger partial charge on any atom is -0.376 e. The molecule has 1 N–H and O–H groups in total. The number of fused-ring (bicyclic) bond motifs is 1. The van der Waals surface area contributed by atoms with Crippen molar-refractivity contribution in [3.8, 4) is 0 Å². The summed E-state index contributed by atoms with van der Waals surface area (Å²) < 4.78 is 7.28. The Labute approximate surface area is 164 Å². The molecule has 0 bridgehead atoms. The van der Waals surface area contributed by atoms with Crippen LogP contribution < -0.4 is 5.32 Å². The molecule has 1 atom stereocenters. The van der Waals surface area contributed by atoms with Gasteiger partial charge >= 0.3 is 0 Å². The van der Waals surface area contributed by atoms with E-state index in [1.165, 1.54) is 0 Å². The zero-order chi connectivity index (χ0) is 19.5. The first-order valence-corrected chi connectivity index (χ1v) is 10.1. The van der Waals surface area contributed by atoms with E-state index >= 15 is 0 Å². The molecule has 2 aromatic heterocycles. The molecule has 0 spiro atoms. The minimum absolute atomic E-state index is 0.0637. The van der Waals surface area contributed by atoms with Gasteiger partial charge in [0.2, 0.25) is 5.82 Å². The van der Waals surface area contributed by atoms with E-state index in [4.69, 9.17) is 4.74 Å². The number of amides is 2. The van der Waals surface area contributed by atoms with Crippen LogP contribution in [0.15, 0.2) is 24.4 Å². The highest BCUT2D eigenvalue weighted by Crippen LogP contribution is 2.17. The number of rotatable bonds is 5. The molecule has 8 heteroatoms. The van der Waals surface area contributed by atoms with E-state index in [1.54, 1.807) is 10.6 Å². The third-order valence-electron chi connectivity index (χ3n) is 5.58. The molecule has 0 aromatic carbocycles. The maximum atomic E-state index is 13.1. The van der Waals surface area contributed by atoms with Crippen molar-refractivity contribution in [2.24, 2.45) is 0 Å². The number of carbonyl (C=O) groups excluding carboxylic acids is 2. The van der Waals surface area contributed by atoms with Crippen molar-refractivity contribution in [2.45, 2.75) is 25.9 Å². The van der Waals surface area contributed by atoms with Crippen molar-refractivity contribution in [1.82, 2.24) is 24.5 Å². The van der Waals surface area contributed by atoms with E-state index in [0.29, 0.717) is 31.0 Å². The van der Waals surface area contributed by atoms with Gasteiger partial charge in [-0.05, 0) is 31.5 Å². The molecule has 2 fully saturated rings. The number of pyridine rings is 1. The number of imidazole rings is 1. The summed E-state index contributed by atoms with van der Waals surface area (Å²) in [7, 11) is 0. The second kappa shape index (κ2) is 8.28. The Morgan fingerprint density at radius 2 is 2.07 bits per heavy atom. The molecular formula is C20H27N5O3. The summed E-state index contributed by atoms with van der Waals surface area (Å²) in [6, 6.07) is 5.51. The van der Waals surface area contributed by atoms with Crippen LogP contribution in [-0.2, 0) is 4.74 Å². The summed E-state index contributed by atoms with van der Waals surface area (Å²) in [5, 5.41) is 2.91. The predicted octanol–water partition coefficient (Wildman–Crippen LogP) is 1.02. The quantitative estimate of drug-likeness (QED) is 0.831. The Kier molecular flexibility index (Phi) is 5.59. The Bertz CT molecular complexity index is 851. The average molecular weight is 385 g/mol. The fourth-order valence-electron chi connectivity index (χ4n) is 3.86. The maximum absolute atomic E-state index is 13.1. The van der Waals surface area contributed by atoms with Gasteiger partial charge in [0.05, 0.1) is 11.6 Å². The van der Waals surface area contributed by atoms with Gasteiger partial charge in [0.15, 0.2) is 5.69 Å². The predicted molar refractivity (Wildman–Crippen MR) is 105 cm³/mol. The zero-order valence-electron chi connectivity index (χ0n) is 16.3. The number of ether oxygens (including phenoxy) is 1. The summed E-state index contributed by atoms with van der Waals surface area (Å²) in [6.07, 6.45) is 3.83. The second-order valence-corrected chi connectivity index (χ2v) is 7.31. The van der Waals surface area contributed by atoms with Crippen LogP contribution in [0.3, 0.4) is 0 Å². The second-order valence-electron chi connectivity index (χ2n) is 7.31. The first-order chi connectivity index (χ1) is 13.7. The van der Waals surface area contributed by atoms with Gasteiger partial charge in [-0.15, -0.1) is 0 Å². The fraction of sp³-hybridized carbons (Fsp3) is 0.550. The van der Waals surface area contributed by atoms with Gasteiger partial charge in [0, 0.05) is 45.5 Å². The van der Waals surface area contributed by atoms with E-state index in [1.807, 2.05) is 23.1 Å². The lowest BCUT2D eigenvalue weighted by atomic mass is 10.2. The number of piperazine rings is 1. The normalized spacial score (nSPS) is 20.6. The maximum Gasteiger partial charge on any atom is 0.290 e. The SMILES string of the molecule is CCN1CCN(C(=O)c2nc(C(=O)NCC3CCCO3)c3ccccn23)CC1. The number of nitrogens with one attached hydrogen (secondary N) is 1. The molecule has 150 valence electrons. The summed E-state index contributed by atoms with van der Waals surface area (Å²) >= 11 is 0. The lowest BCUT2D eigenvalue weighted by Gasteiger charge is -2.33. The molecule has 2 aromatic rings. The van der Waals surface area contributed by atoms with Gasteiger partial charge in [-0.2, -0.15) is 0 Å². The molecule has 2 aliphatic heterocycles. The smallest absolute Gasteiger partial charge is 0.290 e. The van der Waals surface area contributed by atoms with Crippen LogP contribution in [0.1, 0.15) is 40.9 Å². The molecule has 2 amide bonds. The summed E-state index contributed by atoms with van der Waals surface area (Å²) in [5.74, 6) is -0.105. The van der Waals surface area contributed by atoms with Crippen LogP contribution in [0.2, 0.25) is 0 Å². The van der Waals surface area contributed by atoms with Crippen molar-refractivity contribution in [2.75, 3.05) is 45.9 Å². The van der Waals surface area contributed by atoms with Crippen LogP contribution in [0, 0.1) is 0 Å². The molecule has 28 heavy (non-hydrogen) atoms. The molecule has 0 aliphatic carbocycles. The third-order valence-corrected chi connectivity index (χ3v) is 5.58. The number of likely N-dealkylation sites (N-methyl/N-ethyl adjacent to an activating group) is 1. The van der Waals surface area contributed by atoms with Crippen LogP contribution in [0.4, 0.5) is 0 Å². The van der Waals surface area contributed by atoms with Gasteiger partial charge in [-0.1, -0.05) is 13.0 Å². The van der Waals surface area contributed by atoms with Crippen molar-refractivity contribution >= 4 is 17.3 Å². The third kappa shape index (κ3) is 3.74. The largest absolute Gasteiger partial charge is 0.376 e. The number of hydrogen-bond acceptors (Lipinski definition) is 5. The highest BCUT2D eigenvalue weighted by atomic mass is 16.5. The Morgan fingerprint density at radius 1 is 1.25 bits per heavy atom.